The van der Waals surface area contributed by atoms with Crippen molar-refractivity contribution in [2.45, 2.75) is 19.1 Å². The lowest BCUT2D eigenvalue weighted by Gasteiger charge is -2.35. The van der Waals surface area contributed by atoms with E-state index in [9.17, 15) is 9.90 Å². The van der Waals surface area contributed by atoms with Gasteiger partial charge in [0.2, 0.25) is 0 Å². The Labute approximate surface area is 121 Å². The van der Waals surface area contributed by atoms with Crippen LogP contribution in [0.25, 0.3) is 0 Å². The quantitative estimate of drug-likeness (QED) is 0.771. The average molecular weight is 295 g/mol. The lowest BCUT2D eigenvalue weighted by atomic mass is 10.2. The van der Waals surface area contributed by atoms with E-state index in [0.29, 0.717) is 18.0 Å². The zero-order valence-electron chi connectivity index (χ0n) is 11.2. The topological polar surface area (TPSA) is 70.0 Å². The molecule has 0 radical (unpaired) electrons. The Balaban J connectivity index is 2.08. The zero-order valence-corrected chi connectivity index (χ0v) is 12.0. The van der Waals surface area contributed by atoms with Crippen LogP contribution in [0.3, 0.4) is 0 Å². The van der Waals surface area contributed by atoms with Gasteiger partial charge in [0.15, 0.2) is 0 Å². The second-order valence-electron chi connectivity index (χ2n) is 4.59. The second kappa shape index (κ2) is 6.86. The van der Waals surface area contributed by atoms with Crippen molar-refractivity contribution in [1.29, 1.82) is 0 Å². The molecule has 20 heavy (non-hydrogen) atoms. The number of aliphatic hydroxyl groups excluding tert-OH is 2. The smallest absolute Gasteiger partial charge is 0.264 e. The highest BCUT2D eigenvalue weighted by molar-refractivity contribution is 7.14. The summed E-state index contributed by atoms with van der Waals surface area (Å²) >= 11 is 1.31. The van der Waals surface area contributed by atoms with E-state index in [1.807, 2.05) is 6.92 Å². The Morgan fingerprint density at radius 2 is 2.30 bits per heavy atom. The van der Waals surface area contributed by atoms with Gasteiger partial charge < -0.3 is 19.8 Å². The second-order valence-corrected chi connectivity index (χ2v) is 5.67. The van der Waals surface area contributed by atoms with E-state index in [-0.39, 0.29) is 31.3 Å². The molecule has 2 atom stereocenters. The first-order chi connectivity index (χ1) is 9.63. The van der Waals surface area contributed by atoms with Crippen molar-refractivity contribution >= 4 is 17.2 Å². The molecule has 1 fully saturated rings. The summed E-state index contributed by atoms with van der Waals surface area (Å²) < 4.78 is 5.52. The van der Waals surface area contributed by atoms with Crippen molar-refractivity contribution in [2.75, 3.05) is 26.3 Å². The van der Waals surface area contributed by atoms with E-state index in [4.69, 9.17) is 9.84 Å². The lowest BCUT2D eigenvalue weighted by Crippen LogP contribution is -2.50. The molecule has 2 heterocycles. The molecule has 2 unspecified atom stereocenters. The fourth-order valence-electron chi connectivity index (χ4n) is 2.11. The van der Waals surface area contributed by atoms with E-state index in [1.54, 1.807) is 17.0 Å². The van der Waals surface area contributed by atoms with Crippen molar-refractivity contribution in [3.8, 4) is 11.8 Å². The summed E-state index contributed by atoms with van der Waals surface area (Å²) in [6, 6.07) is 3.51. The molecule has 108 valence electrons. The molecule has 0 bridgehead atoms. The van der Waals surface area contributed by atoms with Crippen LogP contribution in [0.5, 0.6) is 0 Å². The Morgan fingerprint density at radius 1 is 1.50 bits per heavy atom. The first-order valence-electron chi connectivity index (χ1n) is 6.39. The number of carbonyl (C=O) groups excluding carboxylic acids is 1. The molecule has 2 N–H and O–H groups in total. The number of ether oxygens (including phenoxy) is 1. The van der Waals surface area contributed by atoms with Crippen molar-refractivity contribution in [3.63, 3.8) is 0 Å². The fourth-order valence-corrected chi connectivity index (χ4v) is 2.96. The summed E-state index contributed by atoms with van der Waals surface area (Å²) in [5, 5.41) is 17.8. The van der Waals surface area contributed by atoms with Crippen molar-refractivity contribution in [1.82, 2.24) is 4.90 Å². The maximum absolute atomic E-state index is 12.4. The summed E-state index contributed by atoms with van der Waals surface area (Å²) in [6.45, 7) is 2.51. The first kappa shape index (κ1) is 15.0. The summed E-state index contributed by atoms with van der Waals surface area (Å²) in [5.74, 6) is 5.27. The number of hydrogen-bond donors (Lipinski definition) is 2. The Morgan fingerprint density at radius 3 is 3.00 bits per heavy atom. The molecule has 1 saturated heterocycles. The van der Waals surface area contributed by atoms with E-state index in [0.717, 1.165) is 4.88 Å². The van der Waals surface area contributed by atoms with Gasteiger partial charge in [-0.15, -0.1) is 11.3 Å². The standard InChI is InChI=1S/C14H17NO4S/c1-10-7-15(8-11(9-17)19-10)14(18)13-5-4-12(20-13)3-2-6-16/h4-5,10-11,16-17H,6-9H2,1H3. The third kappa shape index (κ3) is 3.58. The van der Waals surface area contributed by atoms with Gasteiger partial charge in [-0.2, -0.15) is 0 Å². The number of morpholine rings is 1. The van der Waals surface area contributed by atoms with Gasteiger partial charge >= 0.3 is 0 Å². The maximum Gasteiger partial charge on any atom is 0.264 e. The molecule has 1 aliphatic heterocycles. The molecule has 5 nitrogen and oxygen atoms in total. The van der Waals surface area contributed by atoms with Gasteiger partial charge in [0.05, 0.1) is 28.6 Å². The van der Waals surface area contributed by atoms with Crippen LogP contribution in [0.1, 0.15) is 21.5 Å². The van der Waals surface area contributed by atoms with Crippen molar-refractivity contribution in [2.24, 2.45) is 0 Å². The summed E-state index contributed by atoms with van der Waals surface area (Å²) in [4.78, 5) is 15.5. The maximum atomic E-state index is 12.4. The van der Waals surface area contributed by atoms with E-state index in [1.165, 1.54) is 11.3 Å². The fraction of sp³-hybridized carbons (Fsp3) is 0.500. The first-order valence-corrected chi connectivity index (χ1v) is 7.21. The molecule has 2 rings (SSSR count). The lowest BCUT2D eigenvalue weighted by molar-refractivity contribution is -0.0857. The molecule has 1 amide bonds. The Kier molecular flexibility index (Phi) is 5.15. The van der Waals surface area contributed by atoms with Crippen LogP contribution >= 0.6 is 11.3 Å². The molecule has 0 aliphatic carbocycles. The highest BCUT2D eigenvalue weighted by Crippen LogP contribution is 2.20. The van der Waals surface area contributed by atoms with Gasteiger partial charge in [-0.1, -0.05) is 11.8 Å². The van der Waals surface area contributed by atoms with Gasteiger partial charge in [0, 0.05) is 13.1 Å². The van der Waals surface area contributed by atoms with Crippen LogP contribution in [0.4, 0.5) is 0 Å². The monoisotopic (exact) mass is 295 g/mol. The molecule has 1 aliphatic rings. The minimum Gasteiger partial charge on any atom is -0.394 e. The van der Waals surface area contributed by atoms with Gasteiger partial charge in [-0.3, -0.25) is 4.79 Å². The van der Waals surface area contributed by atoms with Gasteiger partial charge in [-0.05, 0) is 19.1 Å². The van der Waals surface area contributed by atoms with Crippen LogP contribution in [-0.4, -0.2) is 59.5 Å². The number of thiophene rings is 1. The third-order valence-electron chi connectivity index (χ3n) is 2.92. The summed E-state index contributed by atoms with van der Waals surface area (Å²) in [5.41, 5.74) is 0. The van der Waals surface area contributed by atoms with Crippen LogP contribution in [0.15, 0.2) is 12.1 Å². The van der Waals surface area contributed by atoms with Crippen LogP contribution in [-0.2, 0) is 4.74 Å². The molecule has 6 heteroatoms. The largest absolute Gasteiger partial charge is 0.394 e. The molecule has 1 aromatic rings. The predicted octanol–water partition coefficient (Wildman–Crippen LogP) is 0.314. The van der Waals surface area contributed by atoms with Crippen LogP contribution in [0, 0.1) is 11.8 Å². The zero-order chi connectivity index (χ0) is 14.5. The molecule has 0 aromatic carbocycles. The van der Waals surface area contributed by atoms with Crippen LogP contribution in [0.2, 0.25) is 0 Å². The average Bonchev–Trinajstić information content (AvgIpc) is 2.92. The van der Waals surface area contributed by atoms with E-state index in [2.05, 4.69) is 11.8 Å². The SMILES string of the molecule is CC1CN(C(=O)c2ccc(C#CCO)s2)CC(CO)O1. The highest BCUT2D eigenvalue weighted by Gasteiger charge is 2.29. The Hall–Kier alpha value is -1.39. The minimum absolute atomic E-state index is 0.0688. The van der Waals surface area contributed by atoms with Gasteiger partial charge in [0.25, 0.3) is 5.91 Å². The third-order valence-corrected chi connectivity index (χ3v) is 3.91. The number of nitrogens with zero attached hydrogens (tertiary/aromatic N) is 1. The molecule has 0 saturated carbocycles. The van der Waals surface area contributed by atoms with Crippen LogP contribution < -0.4 is 0 Å². The number of rotatable bonds is 2. The summed E-state index contributed by atoms with van der Waals surface area (Å²) in [6.07, 6.45) is -0.408. The minimum atomic E-state index is -0.323. The van der Waals surface area contributed by atoms with Gasteiger partial charge in [0.1, 0.15) is 6.61 Å². The van der Waals surface area contributed by atoms with E-state index >= 15 is 0 Å². The summed E-state index contributed by atoms with van der Waals surface area (Å²) in [7, 11) is 0. The van der Waals surface area contributed by atoms with Gasteiger partial charge in [-0.25, -0.2) is 0 Å². The molecule has 0 spiro atoms. The predicted molar refractivity (Wildman–Crippen MR) is 75.6 cm³/mol. The number of hydrogen-bond acceptors (Lipinski definition) is 5. The number of amides is 1. The number of carbonyl (C=O) groups is 1. The molecular formula is C14H17NO4S. The van der Waals surface area contributed by atoms with E-state index < -0.39 is 0 Å². The molecule has 1 aromatic heterocycles. The van der Waals surface area contributed by atoms with Crippen molar-refractivity contribution < 1.29 is 19.7 Å². The molecular weight excluding hydrogens is 278 g/mol. The Bertz CT molecular complexity index is 531. The van der Waals surface area contributed by atoms with Crippen molar-refractivity contribution in [3.05, 3.63) is 21.9 Å². The number of aliphatic hydroxyl groups is 2. The normalized spacial score (nSPS) is 22.2. The highest BCUT2D eigenvalue weighted by atomic mass is 32.1.